The second-order valence-electron chi connectivity index (χ2n) is 4.85. The lowest BCUT2D eigenvalue weighted by Gasteiger charge is -2.10. The monoisotopic (exact) mass is 309 g/mol. The van der Waals surface area contributed by atoms with E-state index in [4.69, 9.17) is 0 Å². The Hall–Kier alpha value is -1.86. The lowest BCUT2D eigenvalue weighted by atomic mass is 10.1. The highest BCUT2D eigenvalue weighted by Gasteiger charge is 2.18. The van der Waals surface area contributed by atoms with E-state index >= 15 is 0 Å². The van der Waals surface area contributed by atoms with Crippen molar-refractivity contribution in [3.63, 3.8) is 0 Å². The number of sulfonamides is 1. The van der Waals surface area contributed by atoms with E-state index in [2.05, 4.69) is 9.82 Å². The Bertz CT molecular complexity index is 751. The molecule has 0 amide bonds. The van der Waals surface area contributed by atoms with Gasteiger partial charge in [-0.3, -0.25) is 9.40 Å². The van der Waals surface area contributed by atoms with Crippen molar-refractivity contribution in [2.24, 2.45) is 7.05 Å². The molecular weight excluding hydrogens is 290 g/mol. The number of nitrogens with one attached hydrogen (secondary N) is 1. The summed E-state index contributed by atoms with van der Waals surface area (Å²) in [6, 6.07) is 4.79. The number of hydrogen-bond donors (Lipinski definition) is 2. The first kappa shape index (κ1) is 15.5. The molecule has 0 aliphatic rings. The van der Waals surface area contributed by atoms with Gasteiger partial charge in [0.05, 0.1) is 22.9 Å². The van der Waals surface area contributed by atoms with Crippen LogP contribution in [0.2, 0.25) is 0 Å². The van der Waals surface area contributed by atoms with Crippen molar-refractivity contribution in [3.05, 3.63) is 41.2 Å². The zero-order valence-corrected chi connectivity index (χ0v) is 13.1. The second-order valence-corrected chi connectivity index (χ2v) is 6.53. The molecule has 2 rings (SSSR count). The molecule has 0 fully saturated rings. The van der Waals surface area contributed by atoms with Crippen molar-refractivity contribution in [3.8, 4) is 0 Å². The summed E-state index contributed by atoms with van der Waals surface area (Å²) in [5.41, 5.74) is 2.62. The van der Waals surface area contributed by atoms with Crippen molar-refractivity contribution in [1.82, 2.24) is 9.78 Å². The van der Waals surface area contributed by atoms with Gasteiger partial charge in [-0.05, 0) is 36.6 Å². The standard InChI is InChI=1S/C14H19N3O3S/c1-4-11-5-6-13(7-12(11)9-18)21(19,20)16-14-8-17(3)15-10(14)2/h5-8,16,18H,4,9H2,1-3H3. The molecule has 7 heteroatoms. The quantitative estimate of drug-likeness (QED) is 0.878. The number of aliphatic hydroxyl groups excluding tert-OH is 1. The van der Waals surface area contributed by atoms with Gasteiger partial charge in [-0.1, -0.05) is 13.0 Å². The minimum atomic E-state index is -3.69. The van der Waals surface area contributed by atoms with Crippen LogP contribution in [0.25, 0.3) is 0 Å². The van der Waals surface area contributed by atoms with E-state index in [9.17, 15) is 13.5 Å². The predicted octanol–water partition coefficient (Wildman–Crippen LogP) is 1.58. The molecule has 0 bridgehead atoms. The Labute approximate surface area is 124 Å². The number of rotatable bonds is 5. The summed E-state index contributed by atoms with van der Waals surface area (Å²) in [4.78, 5) is 0.131. The van der Waals surface area contributed by atoms with Gasteiger partial charge in [0.2, 0.25) is 0 Å². The minimum absolute atomic E-state index is 0.131. The summed E-state index contributed by atoms with van der Waals surface area (Å²) in [6.07, 6.45) is 2.35. The summed E-state index contributed by atoms with van der Waals surface area (Å²) in [5, 5.41) is 13.4. The molecule has 6 nitrogen and oxygen atoms in total. The first-order chi connectivity index (χ1) is 9.87. The smallest absolute Gasteiger partial charge is 0.262 e. The number of aromatic nitrogens is 2. The Kier molecular flexibility index (Phi) is 4.34. The van der Waals surface area contributed by atoms with Gasteiger partial charge >= 0.3 is 0 Å². The van der Waals surface area contributed by atoms with Gasteiger partial charge in [0, 0.05) is 13.2 Å². The molecule has 2 aromatic rings. The molecule has 0 aliphatic heterocycles. The van der Waals surface area contributed by atoms with Crippen molar-refractivity contribution >= 4 is 15.7 Å². The van der Waals surface area contributed by atoms with Gasteiger partial charge in [0.15, 0.2) is 0 Å². The topological polar surface area (TPSA) is 84.2 Å². The van der Waals surface area contributed by atoms with Gasteiger partial charge < -0.3 is 5.11 Å². The van der Waals surface area contributed by atoms with E-state index in [1.807, 2.05) is 6.92 Å². The zero-order valence-electron chi connectivity index (χ0n) is 12.3. The highest BCUT2D eigenvalue weighted by molar-refractivity contribution is 7.92. The van der Waals surface area contributed by atoms with E-state index in [0.717, 1.165) is 12.0 Å². The van der Waals surface area contributed by atoms with E-state index in [1.165, 1.54) is 6.07 Å². The van der Waals surface area contributed by atoms with Crippen molar-refractivity contribution in [1.29, 1.82) is 0 Å². The Morgan fingerprint density at radius 3 is 2.57 bits per heavy atom. The number of anilines is 1. The van der Waals surface area contributed by atoms with Crippen LogP contribution < -0.4 is 4.72 Å². The highest BCUT2D eigenvalue weighted by atomic mass is 32.2. The van der Waals surface area contributed by atoms with Crippen LogP contribution in [0.15, 0.2) is 29.3 Å². The Morgan fingerprint density at radius 2 is 2.05 bits per heavy atom. The first-order valence-corrected chi connectivity index (χ1v) is 8.11. The zero-order chi connectivity index (χ0) is 15.6. The molecular formula is C14H19N3O3S. The van der Waals surface area contributed by atoms with Gasteiger partial charge in [-0.15, -0.1) is 0 Å². The molecule has 2 N–H and O–H groups in total. The fourth-order valence-corrected chi connectivity index (χ4v) is 3.32. The van der Waals surface area contributed by atoms with Gasteiger partial charge in [0.25, 0.3) is 10.0 Å². The molecule has 0 atom stereocenters. The SMILES string of the molecule is CCc1ccc(S(=O)(=O)Nc2cn(C)nc2C)cc1CO. The maximum Gasteiger partial charge on any atom is 0.262 e. The second kappa shape index (κ2) is 5.87. The summed E-state index contributed by atoms with van der Waals surface area (Å²) < 4.78 is 28.9. The fourth-order valence-electron chi connectivity index (χ4n) is 2.17. The largest absolute Gasteiger partial charge is 0.392 e. The van der Waals surface area contributed by atoms with Crippen LogP contribution in [0, 0.1) is 6.92 Å². The molecule has 114 valence electrons. The average molecular weight is 309 g/mol. The summed E-state index contributed by atoms with van der Waals surface area (Å²) in [6.45, 7) is 3.51. The van der Waals surface area contributed by atoms with E-state index in [1.54, 1.807) is 37.0 Å². The van der Waals surface area contributed by atoms with E-state index in [-0.39, 0.29) is 11.5 Å². The third-order valence-electron chi connectivity index (χ3n) is 3.30. The van der Waals surface area contributed by atoms with E-state index in [0.29, 0.717) is 16.9 Å². The molecule has 1 aromatic heterocycles. The van der Waals surface area contributed by atoms with Crippen molar-refractivity contribution in [2.45, 2.75) is 31.8 Å². The van der Waals surface area contributed by atoms with Crippen LogP contribution in [0.5, 0.6) is 0 Å². The van der Waals surface area contributed by atoms with Crippen LogP contribution in [0.1, 0.15) is 23.7 Å². The Balaban J connectivity index is 2.38. The molecule has 21 heavy (non-hydrogen) atoms. The normalized spacial score (nSPS) is 11.6. The third-order valence-corrected chi connectivity index (χ3v) is 4.66. The average Bonchev–Trinajstić information content (AvgIpc) is 2.75. The highest BCUT2D eigenvalue weighted by Crippen LogP contribution is 2.21. The molecule has 1 heterocycles. The molecule has 0 spiro atoms. The van der Waals surface area contributed by atoms with Crippen molar-refractivity contribution in [2.75, 3.05) is 4.72 Å². The summed E-state index contributed by atoms with van der Waals surface area (Å²) >= 11 is 0. The number of aryl methyl sites for hydroxylation is 3. The number of benzene rings is 1. The molecule has 0 saturated carbocycles. The lowest BCUT2D eigenvalue weighted by molar-refractivity contribution is 0.280. The van der Waals surface area contributed by atoms with Crippen molar-refractivity contribution < 1.29 is 13.5 Å². The van der Waals surface area contributed by atoms with Crippen LogP contribution in [-0.4, -0.2) is 23.3 Å². The van der Waals surface area contributed by atoms with Crippen LogP contribution in [0.4, 0.5) is 5.69 Å². The predicted molar refractivity (Wildman–Crippen MR) is 80.5 cm³/mol. The summed E-state index contributed by atoms with van der Waals surface area (Å²) in [7, 11) is -1.97. The Morgan fingerprint density at radius 1 is 1.33 bits per heavy atom. The third kappa shape index (κ3) is 3.25. The molecule has 0 unspecified atom stereocenters. The number of hydrogen-bond acceptors (Lipinski definition) is 4. The summed E-state index contributed by atoms with van der Waals surface area (Å²) in [5.74, 6) is 0. The van der Waals surface area contributed by atoms with Gasteiger partial charge in [-0.2, -0.15) is 5.10 Å². The number of nitrogens with zero attached hydrogens (tertiary/aromatic N) is 2. The first-order valence-electron chi connectivity index (χ1n) is 6.63. The minimum Gasteiger partial charge on any atom is -0.392 e. The maximum atomic E-state index is 12.4. The van der Waals surface area contributed by atoms with Crippen LogP contribution >= 0.6 is 0 Å². The van der Waals surface area contributed by atoms with Gasteiger partial charge in [-0.25, -0.2) is 8.42 Å². The van der Waals surface area contributed by atoms with Gasteiger partial charge in [0.1, 0.15) is 0 Å². The molecule has 0 aliphatic carbocycles. The molecule has 1 aromatic carbocycles. The maximum absolute atomic E-state index is 12.4. The number of aliphatic hydroxyl groups is 1. The fraction of sp³-hybridized carbons (Fsp3) is 0.357. The van der Waals surface area contributed by atoms with E-state index < -0.39 is 10.0 Å². The van der Waals surface area contributed by atoms with Crippen LogP contribution in [0.3, 0.4) is 0 Å². The molecule has 0 radical (unpaired) electrons. The molecule has 0 saturated heterocycles. The van der Waals surface area contributed by atoms with Crippen LogP contribution in [-0.2, 0) is 30.1 Å². The lowest BCUT2D eigenvalue weighted by Crippen LogP contribution is -2.14.